The molecule has 0 atom stereocenters. The molecule has 0 fully saturated rings. The topological polar surface area (TPSA) is 90.3 Å². The van der Waals surface area contributed by atoms with Gasteiger partial charge in [-0.2, -0.15) is 14.5 Å². The fraction of sp³-hybridized carbons (Fsp3) is 0.0588. The fourth-order valence-corrected chi connectivity index (χ4v) is 2.66. The Balaban J connectivity index is 1.62. The zero-order valence-corrected chi connectivity index (χ0v) is 13.1. The summed E-state index contributed by atoms with van der Waals surface area (Å²) in [5, 5.41) is 18.7. The van der Waals surface area contributed by atoms with Gasteiger partial charge in [-0.3, -0.25) is 4.68 Å². The molecule has 3 heterocycles. The molecule has 25 heavy (non-hydrogen) atoms. The van der Waals surface area contributed by atoms with Crippen molar-refractivity contribution in [3.8, 4) is 0 Å². The number of imidazole rings is 1. The van der Waals surface area contributed by atoms with Gasteiger partial charge in [-0.1, -0.05) is 36.4 Å². The van der Waals surface area contributed by atoms with Crippen molar-refractivity contribution >= 4 is 23.0 Å². The molecule has 0 bridgehead atoms. The second-order valence-electron chi connectivity index (χ2n) is 5.51. The predicted molar refractivity (Wildman–Crippen MR) is 92.9 cm³/mol. The molecule has 0 saturated heterocycles. The summed E-state index contributed by atoms with van der Waals surface area (Å²) in [7, 11) is 0. The number of rotatable bonds is 5. The van der Waals surface area contributed by atoms with Crippen molar-refractivity contribution in [3.63, 3.8) is 0 Å². The number of pyridine rings is 1. The summed E-state index contributed by atoms with van der Waals surface area (Å²) >= 11 is 0. The molecule has 1 N–H and O–H groups in total. The van der Waals surface area contributed by atoms with Gasteiger partial charge in [0.25, 0.3) is 0 Å². The number of nitrogens with zero attached hydrogens (tertiary/aromatic N) is 5. The van der Waals surface area contributed by atoms with E-state index < -0.39 is 4.92 Å². The molecule has 0 unspecified atom stereocenters. The van der Waals surface area contributed by atoms with Crippen LogP contribution in [0.25, 0.3) is 5.65 Å². The van der Waals surface area contributed by atoms with Gasteiger partial charge in [0.2, 0.25) is 11.5 Å². The molecular formula is C17H14N6O2. The van der Waals surface area contributed by atoms with E-state index in [0.29, 0.717) is 17.9 Å². The van der Waals surface area contributed by atoms with Crippen molar-refractivity contribution in [1.82, 2.24) is 19.2 Å². The van der Waals surface area contributed by atoms with Crippen LogP contribution >= 0.6 is 0 Å². The van der Waals surface area contributed by atoms with E-state index in [9.17, 15) is 10.1 Å². The molecule has 4 rings (SSSR count). The third-order valence-electron chi connectivity index (χ3n) is 3.76. The number of anilines is 2. The van der Waals surface area contributed by atoms with Crippen molar-refractivity contribution in [2.24, 2.45) is 0 Å². The van der Waals surface area contributed by atoms with Crippen LogP contribution in [0.3, 0.4) is 0 Å². The first kappa shape index (κ1) is 14.9. The molecule has 8 nitrogen and oxygen atoms in total. The summed E-state index contributed by atoms with van der Waals surface area (Å²) in [6.07, 6.45) is 5.03. The molecule has 0 aliphatic heterocycles. The van der Waals surface area contributed by atoms with Crippen LogP contribution in [0.5, 0.6) is 0 Å². The van der Waals surface area contributed by atoms with Gasteiger partial charge in [0.1, 0.15) is 0 Å². The van der Waals surface area contributed by atoms with Crippen LogP contribution in [-0.2, 0) is 6.54 Å². The summed E-state index contributed by atoms with van der Waals surface area (Å²) in [5.74, 6) is 0.0851. The molecule has 1 aromatic carbocycles. The van der Waals surface area contributed by atoms with Crippen molar-refractivity contribution < 1.29 is 4.92 Å². The average molecular weight is 334 g/mol. The van der Waals surface area contributed by atoms with Crippen LogP contribution in [0.2, 0.25) is 0 Å². The number of nitro groups is 1. The highest BCUT2D eigenvalue weighted by Gasteiger charge is 2.22. The van der Waals surface area contributed by atoms with E-state index in [1.807, 2.05) is 30.3 Å². The van der Waals surface area contributed by atoms with E-state index >= 15 is 0 Å². The summed E-state index contributed by atoms with van der Waals surface area (Å²) < 4.78 is 3.20. The number of fused-ring (bicyclic) bond motifs is 1. The van der Waals surface area contributed by atoms with Gasteiger partial charge in [-0.05, 0) is 16.6 Å². The molecule has 3 aromatic heterocycles. The minimum atomic E-state index is -0.448. The summed E-state index contributed by atoms with van der Waals surface area (Å²) in [4.78, 5) is 15.3. The van der Waals surface area contributed by atoms with Crippen LogP contribution < -0.4 is 5.32 Å². The van der Waals surface area contributed by atoms with Gasteiger partial charge >= 0.3 is 5.82 Å². The molecule has 0 saturated carbocycles. The van der Waals surface area contributed by atoms with E-state index in [1.165, 1.54) is 4.40 Å². The second kappa shape index (κ2) is 6.08. The molecule has 0 spiro atoms. The Bertz CT molecular complexity index is 1040. The Morgan fingerprint density at radius 2 is 1.92 bits per heavy atom. The molecular weight excluding hydrogens is 320 g/mol. The van der Waals surface area contributed by atoms with Crippen molar-refractivity contribution in [1.29, 1.82) is 0 Å². The highest BCUT2D eigenvalue weighted by Crippen LogP contribution is 2.28. The first-order valence-corrected chi connectivity index (χ1v) is 7.65. The fourth-order valence-electron chi connectivity index (χ4n) is 2.66. The SMILES string of the molecule is O=[N+]([O-])c1c(Nc2cnn(Cc3ccccc3)c2)nc2ccccn12. The van der Waals surface area contributed by atoms with Gasteiger partial charge in [-0.25, -0.2) is 0 Å². The van der Waals surface area contributed by atoms with Gasteiger partial charge in [0.05, 0.1) is 24.6 Å². The zero-order valence-electron chi connectivity index (χ0n) is 13.1. The van der Waals surface area contributed by atoms with Crippen LogP contribution in [0, 0.1) is 10.1 Å². The molecule has 4 aromatic rings. The standard InChI is InChI=1S/C17H14N6O2/c24-23(25)17-16(20-15-8-4-5-9-22(15)17)19-14-10-18-21(12-14)11-13-6-2-1-3-7-13/h1-10,12,19H,11H2. The molecule has 8 heteroatoms. The lowest BCUT2D eigenvalue weighted by Crippen LogP contribution is -2.00. The highest BCUT2D eigenvalue weighted by atomic mass is 16.6. The quantitative estimate of drug-likeness (QED) is 0.447. The summed E-state index contributed by atoms with van der Waals surface area (Å²) in [6, 6.07) is 15.2. The smallest absolute Gasteiger partial charge is 0.358 e. The Morgan fingerprint density at radius 1 is 1.12 bits per heavy atom. The van der Waals surface area contributed by atoms with Crippen LogP contribution in [0.4, 0.5) is 17.3 Å². The van der Waals surface area contributed by atoms with Gasteiger partial charge in [0.15, 0.2) is 0 Å². The van der Waals surface area contributed by atoms with Crippen LogP contribution in [0.15, 0.2) is 67.1 Å². The van der Waals surface area contributed by atoms with Gasteiger partial charge in [0, 0.05) is 12.3 Å². The number of nitrogens with one attached hydrogen (secondary N) is 1. The lowest BCUT2D eigenvalue weighted by molar-refractivity contribution is -0.389. The number of benzene rings is 1. The van der Waals surface area contributed by atoms with Gasteiger partial charge < -0.3 is 15.4 Å². The highest BCUT2D eigenvalue weighted by molar-refractivity contribution is 5.68. The Morgan fingerprint density at radius 3 is 2.72 bits per heavy atom. The third-order valence-corrected chi connectivity index (χ3v) is 3.76. The zero-order chi connectivity index (χ0) is 17.2. The van der Waals surface area contributed by atoms with Gasteiger partial charge in [-0.15, -0.1) is 0 Å². The first-order chi connectivity index (χ1) is 12.2. The Labute approximate surface area is 142 Å². The van der Waals surface area contributed by atoms with E-state index in [4.69, 9.17) is 0 Å². The minimum absolute atomic E-state index is 0.105. The first-order valence-electron chi connectivity index (χ1n) is 7.65. The molecule has 0 aliphatic carbocycles. The van der Waals surface area contributed by atoms with Crippen LogP contribution in [-0.4, -0.2) is 24.1 Å². The molecule has 0 amide bonds. The minimum Gasteiger partial charge on any atom is -0.358 e. The maximum atomic E-state index is 11.4. The number of hydrogen-bond acceptors (Lipinski definition) is 5. The summed E-state index contributed by atoms with van der Waals surface area (Å²) in [6.45, 7) is 0.621. The van der Waals surface area contributed by atoms with Crippen LogP contribution in [0.1, 0.15) is 5.56 Å². The largest absolute Gasteiger partial charge is 0.372 e. The predicted octanol–water partition coefficient (Wildman–Crippen LogP) is 3.23. The lowest BCUT2D eigenvalue weighted by atomic mass is 10.2. The monoisotopic (exact) mass is 334 g/mol. The third kappa shape index (κ3) is 2.92. The lowest BCUT2D eigenvalue weighted by Gasteiger charge is -2.01. The Kier molecular flexibility index (Phi) is 3.62. The van der Waals surface area contributed by atoms with E-state index in [-0.39, 0.29) is 11.6 Å². The van der Waals surface area contributed by atoms with E-state index in [0.717, 1.165) is 5.56 Å². The molecule has 124 valence electrons. The summed E-state index contributed by atoms with van der Waals surface area (Å²) in [5.41, 5.74) is 2.27. The number of hydrogen-bond donors (Lipinski definition) is 1. The van der Waals surface area contributed by atoms with E-state index in [1.54, 1.807) is 41.5 Å². The van der Waals surface area contributed by atoms with Crippen molar-refractivity contribution in [3.05, 3.63) is 82.8 Å². The number of aromatic nitrogens is 4. The molecule has 0 radical (unpaired) electrons. The average Bonchev–Trinajstić information content (AvgIpc) is 3.19. The maximum Gasteiger partial charge on any atom is 0.372 e. The van der Waals surface area contributed by atoms with Crippen molar-refractivity contribution in [2.75, 3.05) is 5.32 Å². The van der Waals surface area contributed by atoms with Crippen molar-refractivity contribution in [2.45, 2.75) is 6.54 Å². The Hall–Kier alpha value is -3.68. The normalized spacial score (nSPS) is 10.9. The maximum absolute atomic E-state index is 11.4. The van der Waals surface area contributed by atoms with E-state index in [2.05, 4.69) is 15.4 Å². The molecule has 0 aliphatic rings. The second-order valence-corrected chi connectivity index (χ2v) is 5.51.